The van der Waals surface area contributed by atoms with Crippen LogP contribution in [-0.4, -0.2) is 11.7 Å². The Balaban J connectivity index is 2.09. The number of hydrogen-bond acceptors (Lipinski definition) is 2. The molecule has 3 nitrogen and oxygen atoms in total. The van der Waals surface area contributed by atoms with Crippen LogP contribution in [0, 0.1) is 5.82 Å². The lowest BCUT2D eigenvalue weighted by Crippen LogP contribution is -2.05. The predicted molar refractivity (Wildman–Crippen MR) is 81.3 cm³/mol. The van der Waals surface area contributed by atoms with Crippen molar-refractivity contribution < 1.29 is 14.0 Å². The second-order valence-corrected chi connectivity index (χ2v) is 5.84. The van der Waals surface area contributed by atoms with Crippen molar-refractivity contribution in [2.24, 2.45) is 0 Å². The zero-order chi connectivity index (χ0) is 15.1. The number of anilines is 1. The van der Waals surface area contributed by atoms with Crippen LogP contribution in [0.4, 0.5) is 10.1 Å². The number of ketones is 1. The third-order valence-electron chi connectivity index (χ3n) is 3.26. The molecule has 0 radical (unpaired) electrons. The molecule has 0 saturated carbocycles. The number of fused-ring (bicyclic) bond motifs is 1. The van der Waals surface area contributed by atoms with Crippen LogP contribution in [0.5, 0.6) is 0 Å². The second kappa shape index (κ2) is 5.24. The van der Waals surface area contributed by atoms with Crippen LogP contribution < -0.4 is 5.32 Å². The minimum atomic E-state index is -0.519. The van der Waals surface area contributed by atoms with E-state index in [9.17, 15) is 14.0 Å². The molecule has 2 aromatic rings. The Hall–Kier alpha value is -1.72. The Labute approximate surface area is 133 Å². The first-order valence-corrected chi connectivity index (χ1v) is 7.25. The number of amides is 1. The van der Waals surface area contributed by atoms with Gasteiger partial charge in [-0.2, -0.15) is 0 Å². The summed E-state index contributed by atoms with van der Waals surface area (Å²) in [4.78, 5) is 23.9. The van der Waals surface area contributed by atoms with Crippen molar-refractivity contribution in [3.63, 3.8) is 0 Å². The fraction of sp³-hybridized carbons (Fsp3) is 0.0667. The van der Waals surface area contributed by atoms with E-state index in [1.54, 1.807) is 12.1 Å². The van der Waals surface area contributed by atoms with Gasteiger partial charge >= 0.3 is 0 Å². The maximum atomic E-state index is 13.5. The molecule has 21 heavy (non-hydrogen) atoms. The zero-order valence-electron chi connectivity index (χ0n) is 10.5. The standard InChI is InChI=1S/C15H8BrClFNO2/c16-14-8(2-1-3-11(14)18)15(21)9-4-7-5-13(20)19-12(7)6-10(9)17/h1-4,6H,5H2,(H,19,20). The number of hydrogen-bond donors (Lipinski definition) is 1. The van der Waals surface area contributed by atoms with E-state index >= 15 is 0 Å². The van der Waals surface area contributed by atoms with Crippen LogP contribution in [0.15, 0.2) is 34.8 Å². The first-order valence-electron chi connectivity index (χ1n) is 6.08. The summed E-state index contributed by atoms with van der Waals surface area (Å²) in [5.74, 6) is -1.05. The van der Waals surface area contributed by atoms with Crippen LogP contribution in [0.3, 0.4) is 0 Å². The van der Waals surface area contributed by atoms with Gasteiger partial charge < -0.3 is 5.32 Å². The summed E-state index contributed by atoms with van der Waals surface area (Å²) in [6, 6.07) is 7.35. The summed E-state index contributed by atoms with van der Waals surface area (Å²) in [6.45, 7) is 0. The molecule has 0 atom stereocenters. The highest BCUT2D eigenvalue weighted by Crippen LogP contribution is 2.32. The van der Waals surface area contributed by atoms with Crippen molar-refractivity contribution in [2.45, 2.75) is 6.42 Å². The number of benzene rings is 2. The largest absolute Gasteiger partial charge is 0.325 e. The van der Waals surface area contributed by atoms with Gasteiger partial charge in [-0.05, 0) is 45.8 Å². The first-order chi connectivity index (χ1) is 9.97. The van der Waals surface area contributed by atoms with Gasteiger partial charge in [0.15, 0.2) is 5.78 Å². The highest BCUT2D eigenvalue weighted by atomic mass is 79.9. The molecule has 106 valence electrons. The molecule has 2 aromatic carbocycles. The van der Waals surface area contributed by atoms with E-state index in [0.29, 0.717) is 11.3 Å². The average molecular weight is 369 g/mol. The quantitative estimate of drug-likeness (QED) is 0.815. The van der Waals surface area contributed by atoms with Crippen LogP contribution in [0.2, 0.25) is 5.02 Å². The van der Waals surface area contributed by atoms with Crippen LogP contribution in [0.1, 0.15) is 21.5 Å². The normalized spacial score (nSPS) is 13.0. The maximum Gasteiger partial charge on any atom is 0.228 e. The third-order valence-corrected chi connectivity index (χ3v) is 4.38. The molecule has 1 aliphatic rings. The van der Waals surface area contributed by atoms with E-state index < -0.39 is 11.6 Å². The zero-order valence-corrected chi connectivity index (χ0v) is 12.9. The lowest BCUT2D eigenvalue weighted by atomic mass is 10.00. The van der Waals surface area contributed by atoms with Gasteiger partial charge in [0.05, 0.1) is 15.9 Å². The molecule has 1 N–H and O–H groups in total. The van der Waals surface area contributed by atoms with E-state index in [-0.39, 0.29) is 33.0 Å². The van der Waals surface area contributed by atoms with Gasteiger partial charge in [-0.1, -0.05) is 17.7 Å². The minimum absolute atomic E-state index is 0.0979. The van der Waals surface area contributed by atoms with E-state index in [1.807, 2.05) is 0 Å². The van der Waals surface area contributed by atoms with Crippen molar-refractivity contribution in [1.82, 2.24) is 0 Å². The SMILES string of the molecule is O=C1Cc2cc(C(=O)c3cccc(F)c3Br)c(Cl)cc2N1. The topological polar surface area (TPSA) is 46.2 Å². The summed E-state index contributed by atoms with van der Waals surface area (Å²) < 4.78 is 13.6. The lowest BCUT2D eigenvalue weighted by molar-refractivity contribution is -0.115. The van der Waals surface area contributed by atoms with Gasteiger partial charge in [0.1, 0.15) is 5.82 Å². The number of nitrogens with one attached hydrogen (secondary N) is 1. The van der Waals surface area contributed by atoms with Gasteiger partial charge in [-0.3, -0.25) is 9.59 Å². The first kappa shape index (κ1) is 14.2. The highest BCUT2D eigenvalue weighted by Gasteiger charge is 2.23. The summed E-state index contributed by atoms with van der Waals surface area (Å²) in [5, 5.41) is 2.88. The Bertz CT molecular complexity index is 791. The molecular weight excluding hydrogens is 361 g/mol. The van der Waals surface area contributed by atoms with Gasteiger partial charge in [0, 0.05) is 16.8 Å². The summed E-state index contributed by atoms with van der Waals surface area (Å²) in [7, 11) is 0. The molecule has 0 aliphatic carbocycles. The van der Waals surface area contributed by atoms with Crippen molar-refractivity contribution in [2.75, 3.05) is 5.32 Å². The molecule has 0 spiro atoms. The van der Waals surface area contributed by atoms with Crippen LogP contribution in [-0.2, 0) is 11.2 Å². The Morgan fingerprint density at radius 3 is 2.81 bits per heavy atom. The van der Waals surface area contributed by atoms with Crippen molar-refractivity contribution in [1.29, 1.82) is 0 Å². The van der Waals surface area contributed by atoms with E-state index in [1.165, 1.54) is 18.2 Å². The molecular formula is C15H8BrClFNO2. The number of carbonyl (C=O) groups excluding carboxylic acids is 2. The van der Waals surface area contributed by atoms with Crippen molar-refractivity contribution in [3.05, 3.63) is 62.3 Å². The minimum Gasteiger partial charge on any atom is -0.325 e. The Morgan fingerprint density at radius 1 is 1.29 bits per heavy atom. The smallest absolute Gasteiger partial charge is 0.228 e. The fourth-order valence-electron chi connectivity index (χ4n) is 2.25. The van der Waals surface area contributed by atoms with Crippen LogP contribution in [0.25, 0.3) is 0 Å². The summed E-state index contributed by atoms with van der Waals surface area (Å²) in [6.07, 6.45) is 0.205. The monoisotopic (exact) mass is 367 g/mol. The van der Waals surface area contributed by atoms with Gasteiger partial charge in [0.2, 0.25) is 5.91 Å². The molecule has 3 rings (SSSR count). The van der Waals surface area contributed by atoms with Gasteiger partial charge in [-0.25, -0.2) is 4.39 Å². The third kappa shape index (κ3) is 2.47. The molecule has 0 aromatic heterocycles. The molecule has 1 aliphatic heterocycles. The van der Waals surface area contributed by atoms with Gasteiger partial charge in [-0.15, -0.1) is 0 Å². The predicted octanol–water partition coefficient (Wildman–Crippen LogP) is 3.97. The lowest BCUT2D eigenvalue weighted by Gasteiger charge is -2.08. The number of rotatable bonds is 2. The maximum absolute atomic E-state index is 13.5. The van der Waals surface area contributed by atoms with Crippen molar-refractivity contribution >= 4 is 44.9 Å². The van der Waals surface area contributed by atoms with Crippen molar-refractivity contribution in [3.8, 4) is 0 Å². The number of halogens is 3. The van der Waals surface area contributed by atoms with E-state index in [2.05, 4.69) is 21.2 Å². The fourth-order valence-corrected chi connectivity index (χ4v) is 2.94. The molecule has 6 heteroatoms. The molecule has 0 fully saturated rings. The summed E-state index contributed by atoms with van der Waals surface area (Å²) >= 11 is 9.18. The average Bonchev–Trinajstić information content (AvgIpc) is 2.79. The second-order valence-electron chi connectivity index (χ2n) is 4.64. The van der Waals surface area contributed by atoms with Gasteiger partial charge in [0.25, 0.3) is 0 Å². The molecule has 0 unspecified atom stereocenters. The molecule has 1 heterocycles. The number of carbonyl (C=O) groups is 2. The van der Waals surface area contributed by atoms with E-state index in [0.717, 1.165) is 0 Å². The summed E-state index contributed by atoms with van der Waals surface area (Å²) in [5.41, 5.74) is 1.76. The molecule has 0 bridgehead atoms. The Kier molecular flexibility index (Phi) is 3.55. The Morgan fingerprint density at radius 2 is 2.05 bits per heavy atom. The molecule has 1 amide bonds. The highest BCUT2D eigenvalue weighted by molar-refractivity contribution is 9.10. The van der Waals surface area contributed by atoms with Crippen LogP contribution >= 0.6 is 27.5 Å². The molecule has 0 saturated heterocycles. The van der Waals surface area contributed by atoms with E-state index in [4.69, 9.17) is 11.6 Å².